The number of fused-ring (bicyclic) bond motifs is 1. The maximum absolute atomic E-state index is 16.9. The van der Waals surface area contributed by atoms with E-state index in [1.807, 2.05) is 20.8 Å². The van der Waals surface area contributed by atoms with Gasteiger partial charge in [0.15, 0.2) is 5.82 Å². The lowest BCUT2D eigenvalue weighted by Gasteiger charge is -2.39. The van der Waals surface area contributed by atoms with Crippen molar-refractivity contribution in [2.24, 2.45) is 0 Å². The number of nitrogens with zero attached hydrogens (tertiary/aromatic N) is 8. The molecule has 17 nitrogen and oxygen atoms in total. The Kier molecular flexibility index (Phi) is 12.3. The fourth-order valence-electron chi connectivity index (χ4n) is 7.73. The van der Waals surface area contributed by atoms with Gasteiger partial charge in [0.2, 0.25) is 5.78 Å². The second-order valence-corrected chi connectivity index (χ2v) is 21.1. The van der Waals surface area contributed by atoms with Gasteiger partial charge in [-0.25, -0.2) is 47.1 Å². The number of rotatable bonds is 8. The van der Waals surface area contributed by atoms with Crippen LogP contribution in [0.2, 0.25) is 0 Å². The lowest BCUT2D eigenvalue weighted by molar-refractivity contribution is 0.00752. The minimum absolute atomic E-state index is 0.0455. The molecule has 3 aliphatic rings. The van der Waals surface area contributed by atoms with Crippen molar-refractivity contribution in [3.05, 3.63) is 71.6 Å². The molecule has 3 fully saturated rings. The zero-order valence-electron chi connectivity index (χ0n) is 37.8. The molecule has 21 heteroatoms. The third-order valence-corrected chi connectivity index (χ3v) is 12.7. The van der Waals surface area contributed by atoms with Crippen LogP contribution in [0, 0.1) is 11.6 Å². The molecule has 1 saturated carbocycles. The molecule has 2 amide bonds. The van der Waals surface area contributed by atoms with Crippen molar-refractivity contribution in [1.82, 2.24) is 33.6 Å². The van der Waals surface area contributed by atoms with Crippen LogP contribution in [0.15, 0.2) is 43.0 Å². The van der Waals surface area contributed by atoms with Crippen LogP contribution in [-0.2, 0) is 30.0 Å². The summed E-state index contributed by atoms with van der Waals surface area (Å²) in [5.74, 6) is -3.93. The van der Waals surface area contributed by atoms with Gasteiger partial charge in [-0.15, -0.1) is 0 Å². The lowest BCUT2D eigenvalue weighted by Crippen LogP contribution is -2.53. The number of piperazine rings is 1. The Morgan fingerprint density at radius 1 is 0.785 bits per heavy atom. The average molecular weight is 927 g/mol. The van der Waals surface area contributed by atoms with E-state index in [1.165, 1.54) is 33.0 Å². The van der Waals surface area contributed by atoms with Crippen molar-refractivity contribution in [1.29, 1.82) is 0 Å². The van der Waals surface area contributed by atoms with Crippen molar-refractivity contribution in [3.63, 3.8) is 0 Å². The molecule has 4 aromatic rings. The highest BCUT2D eigenvalue weighted by molar-refractivity contribution is 7.91. The molecule has 65 heavy (non-hydrogen) atoms. The highest BCUT2D eigenvalue weighted by atomic mass is 32.2. The van der Waals surface area contributed by atoms with E-state index in [4.69, 9.17) is 24.2 Å². The minimum atomic E-state index is -5.05. The Morgan fingerprint density at radius 2 is 1.37 bits per heavy atom. The van der Waals surface area contributed by atoms with Crippen molar-refractivity contribution in [2.75, 3.05) is 43.6 Å². The van der Waals surface area contributed by atoms with Gasteiger partial charge in [-0.2, -0.15) is 17.0 Å². The zero-order valence-corrected chi connectivity index (χ0v) is 38.6. The van der Waals surface area contributed by atoms with Crippen LogP contribution in [0.25, 0.3) is 22.2 Å². The van der Waals surface area contributed by atoms with Crippen molar-refractivity contribution < 1.29 is 55.0 Å². The van der Waals surface area contributed by atoms with Crippen molar-refractivity contribution >= 4 is 51.0 Å². The highest BCUT2D eigenvalue weighted by Crippen LogP contribution is 2.50. The fraction of sp³-hybridized carbons (Fsp3) is 0.523. The number of pyridine rings is 1. The molecule has 1 aliphatic carbocycles. The van der Waals surface area contributed by atoms with E-state index in [0.717, 1.165) is 23.6 Å². The Bertz CT molecular complexity index is 2650. The Balaban J connectivity index is 1.25. The number of benzene rings is 1. The summed E-state index contributed by atoms with van der Waals surface area (Å²) >= 11 is 0. The Labute approximate surface area is 375 Å². The first-order valence-corrected chi connectivity index (χ1v) is 22.6. The molecule has 3 aromatic heterocycles. The normalized spacial score (nSPS) is 18.4. The van der Waals surface area contributed by atoms with Crippen LogP contribution in [-0.4, -0.2) is 128 Å². The van der Waals surface area contributed by atoms with Crippen LogP contribution >= 0.6 is 0 Å². The monoisotopic (exact) mass is 926 g/mol. The van der Waals surface area contributed by atoms with Crippen LogP contribution in [0.3, 0.4) is 0 Å². The second-order valence-electron chi connectivity index (χ2n) is 19.4. The maximum Gasteiger partial charge on any atom is 0.430 e. The number of anilines is 1. The van der Waals surface area contributed by atoms with Crippen LogP contribution in [0.5, 0.6) is 0 Å². The molecule has 7 rings (SSSR count). The SMILES string of the molecule is CC(C)(C)OC(=O)N1CCN(C2(c3ncc(-c4cnc5c(c4)c(C(=O)c4c(F)ccc(N(C(=O)OC(C)(C)C)S(=O)(=O)N6CC[C@@H](F)C6)c4F)cn5C(=O)OC(C)(C)C)cn3)CC2)CC1. The van der Waals surface area contributed by atoms with Gasteiger partial charge < -0.3 is 19.1 Å². The van der Waals surface area contributed by atoms with Crippen LogP contribution < -0.4 is 4.31 Å². The number of alkyl halides is 1. The topological polar surface area (TPSA) is 187 Å². The summed E-state index contributed by atoms with van der Waals surface area (Å²) in [6.07, 6.45) is 2.51. The largest absolute Gasteiger partial charge is 0.444 e. The molecule has 0 unspecified atom stereocenters. The summed E-state index contributed by atoms with van der Waals surface area (Å²) in [6.45, 7) is 15.8. The van der Waals surface area contributed by atoms with Crippen molar-refractivity contribution in [2.45, 2.75) is 110 Å². The van der Waals surface area contributed by atoms with Gasteiger partial charge in [0.25, 0.3) is 0 Å². The number of carbonyl (C=O) groups excluding carboxylic acids is 4. The first-order chi connectivity index (χ1) is 30.2. The predicted molar refractivity (Wildman–Crippen MR) is 231 cm³/mol. The van der Waals surface area contributed by atoms with Gasteiger partial charge in [-0.1, -0.05) is 0 Å². The molecule has 350 valence electrons. The quantitative estimate of drug-likeness (QED) is 0.126. The Morgan fingerprint density at radius 3 is 1.92 bits per heavy atom. The van der Waals surface area contributed by atoms with Crippen LogP contribution in [0.4, 0.5) is 33.2 Å². The van der Waals surface area contributed by atoms with Crippen LogP contribution in [0.1, 0.15) is 103 Å². The van der Waals surface area contributed by atoms with E-state index in [9.17, 15) is 32.0 Å². The van der Waals surface area contributed by atoms with Gasteiger partial charge in [-0.05, 0) is 99.8 Å². The summed E-state index contributed by atoms with van der Waals surface area (Å²) < 4.78 is 92.8. The minimum Gasteiger partial charge on any atom is -0.444 e. The number of ketones is 1. The standard InChI is InChI=1S/C44H53F3N8O9S/c1-41(2,3)62-38(57)51-16-18-52(19-17-51)44(13-14-44)37-49-22-27(23-50-37)26-20-29-30(25-54(36(29)48-21-26)39(58)63-42(4,5)6)35(56)33-31(46)10-11-32(34(33)47)55(40(59)64-43(7,8)9)65(60,61)53-15-12-28(45)24-53/h10-11,20-23,25,28H,12-19,24H2,1-9H3/t28-/m1/s1. The van der Waals surface area contributed by atoms with E-state index in [2.05, 4.69) is 9.88 Å². The number of halogens is 3. The van der Waals surface area contributed by atoms with E-state index >= 15 is 8.78 Å². The smallest absolute Gasteiger partial charge is 0.430 e. The van der Waals surface area contributed by atoms with E-state index < -0.39 is 91.7 Å². The van der Waals surface area contributed by atoms with Crippen molar-refractivity contribution in [3.8, 4) is 11.1 Å². The average Bonchev–Trinajstić information content (AvgIpc) is 3.74. The molecule has 1 atom stereocenters. The third kappa shape index (κ3) is 9.81. The fourth-order valence-corrected chi connectivity index (χ4v) is 9.26. The maximum atomic E-state index is 16.9. The molecule has 2 aliphatic heterocycles. The Hall–Kier alpha value is -5.67. The summed E-state index contributed by atoms with van der Waals surface area (Å²) in [7, 11) is -5.05. The summed E-state index contributed by atoms with van der Waals surface area (Å²) in [4.78, 5) is 72.2. The van der Waals surface area contributed by atoms with E-state index in [-0.39, 0.29) is 34.4 Å². The summed E-state index contributed by atoms with van der Waals surface area (Å²) in [6, 6.07) is 2.74. The third-order valence-electron chi connectivity index (χ3n) is 10.9. The number of hydrogen-bond donors (Lipinski definition) is 0. The van der Waals surface area contributed by atoms with Gasteiger partial charge in [0.05, 0.1) is 16.7 Å². The molecule has 0 N–H and O–H groups in total. The zero-order chi connectivity index (χ0) is 47.6. The molecule has 0 spiro atoms. The molecule has 2 saturated heterocycles. The molecular weight excluding hydrogens is 874 g/mol. The summed E-state index contributed by atoms with van der Waals surface area (Å²) in [5.41, 5.74) is -5.39. The molecule has 0 radical (unpaired) electrons. The highest BCUT2D eigenvalue weighted by Gasteiger charge is 2.53. The number of amides is 2. The van der Waals surface area contributed by atoms with E-state index in [1.54, 1.807) is 38.1 Å². The van der Waals surface area contributed by atoms with Gasteiger partial charge in [-0.3, -0.25) is 9.69 Å². The lowest BCUT2D eigenvalue weighted by atomic mass is 10.00. The summed E-state index contributed by atoms with van der Waals surface area (Å²) in [5, 5.41) is -0.0455. The van der Waals surface area contributed by atoms with E-state index in [0.29, 0.717) is 59.6 Å². The van der Waals surface area contributed by atoms with Gasteiger partial charge >= 0.3 is 28.5 Å². The molecule has 5 heterocycles. The number of ether oxygens (including phenoxy) is 3. The number of aromatic nitrogens is 4. The molecule has 1 aromatic carbocycles. The number of carbonyl (C=O) groups is 4. The second kappa shape index (κ2) is 17.0. The number of hydrogen-bond acceptors (Lipinski definition) is 13. The molecule has 0 bridgehead atoms. The predicted octanol–water partition coefficient (Wildman–Crippen LogP) is 7.36. The molecular formula is C44H53F3N8O9S. The van der Waals surface area contributed by atoms with Gasteiger partial charge in [0, 0.05) is 80.6 Å². The first-order valence-electron chi connectivity index (χ1n) is 21.2. The first kappa shape index (κ1) is 47.3. The van der Waals surface area contributed by atoms with Gasteiger partial charge in [0.1, 0.15) is 46.0 Å².